The fraction of sp³-hybridized carbons (Fsp3) is 0.929. The van der Waals surface area contributed by atoms with Gasteiger partial charge in [-0.3, -0.25) is 4.79 Å². The number of rotatable bonds is 8. The van der Waals surface area contributed by atoms with Crippen molar-refractivity contribution < 1.29 is 9.53 Å². The normalized spacial score (nSPS) is 27.4. The van der Waals surface area contributed by atoms with Gasteiger partial charge in [-0.25, -0.2) is 0 Å². The third-order valence-corrected chi connectivity index (χ3v) is 4.88. The Hall–Kier alpha value is -0.220. The van der Waals surface area contributed by atoms with Crippen molar-refractivity contribution in [3.63, 3.8) is 0 Å². The second-order valence-corrected chi connectivity index (χ2v) is 6.33. The van der Waals surface area contributed by atoms with Gasteiger partial charge in [-0.05, 0) is 50.0 Å². The van der Waals surface area contributed by atoms with Crippen LogP contribution in [0.4, 0.5) is 0 Å². The first-order chi connectivity index (χ1) is 8.65. The average molecular weight is 273 g/mol. The molecule has 1 fully saturated rings. The lowest BCUT2D eigenvalue weighted by molar-refractivity contribution is -0.151. The van der Waals surface area contributed by atoms with Crippen LogP contribution >= 0.6 is 11.8 Å². The van der Waals surface area contributed by atoms with Crippen LogP contribution in [0.25, 0.3) is 0 Å². The molecule has 0 bridgehead atoms. The van der Waals surface area contributed by atoms with Crippen LogP contribution in [0.2, 0.25) is 0 Å². The molecule has 0 spiro atoms. The van der Waals surface area contributed by atoms with Crippen LogP contribution in [0.15, 0.2) is 0 Å². The highest BCUT2D eigenvalue weighted by molar-refractivity contribution is 7.99. The van der Waals surface area contributed by atoms with E-state index in [2.05, 4.69) is 6.92 Å². The van der Waals surface area contributed by atoms with Crippen molar-refractivity contribution >= 4 is 17.7 Å². The van der Waals surface area contributed by atoms with Crippen molar-refractivity contribution in [1.29, 1.82) is 0 Å². The fourth-order valence-electron chi connectivity index (χ4n) is 2.61. The number of hydrogen-bond donors (Lipinski definition) is 1. The summed E-state index contributed by atoms with van der Waals surface area (Å²) in [5.41, 5.74) is 5.58. The predicted octanol–water partition coefficient (Wildman–Crippen LogP) is 2.97. The monoisotopic (exact) mass is 273 g/mol. The second-order valence-electron chi connectivity index (χ2n) is 5.10. The summed E-state index contributed by atoms with van der Waals surface area (Å²) in [6.45, 7) is 4.48. The average Bonchev–Trinajstić information content (AvgIpc) is 2.72. The van der Waals surface area contributed by atoms with E-state index in [4.69, 9.17) is 10.5 Å². The number of thioether (sulfide) groups is 1. The lowest BCUT2D eigenvalue weighted by Gasteiger charge is -2.28. The third-order valence-electron chi connectivity index (χ3n) is 3.78. The van der Waals surface area contributed by atoms with Crippen molar-refractivity contribution in [2.24, 2.45) is 11.7 Å². The van der Waals surface area contributed by atoms with Crippen molar-refractivity contribution in [3.05, 3.63) is 0 Å². The topological polar surface area (TPSA) is 52.3 Å². The van der Waals surface area contributed by atoms with Crippen molar-refractivity contribution in [3.8, 4) is 0 Å². The Morgan fingerprint density at radius 3 is 2.89 bits per heavy atom. The number of carbonyl (C=O) groups is 1. The van der Waals surface area contributed by atoms with Crippen LogP contribution in [0, 0.1) is 5.92 Å². The number of ether oxygens (including phenoxy) is 1. The molecule has 3 nitrogen and oxygen atoms in total. The molecule has 2 N–H and O–H groups in total. The minimum Gasteiger partial charge on any atom is -0.465 e. The van der Waals surface area contributed by atoms with Gasteiger partial charge in [0.25, 0.3) is 0 Å². The molecule has 0 amide bonds. The standard InChI is InChI=1S/C14H27NO2S/c1-3-5-10-18-11-8-12-7-6-9-14(12,15)13(16)17-4-2/h12H,3-11,15H2,1-2H3. The number of esters is 1. The van der Waals surface area contributed by atoms with Gasteiger partial charge in [0.05, 0.1) is 6.61 Å². The van der Waals surface area contributed by atoms with Crippen molar-refractivity contribution in [2.75, 3.05) is 18.1 Å². The van der Waals surface area contributed by atoms with Gasteiger partial charge < -0.3 is 10.5 Å². The molecule has 2 unspecified atom stereocenters. The van der Waals surface area contributed by atoms with Crippen LogP contribution in [0.5, 0.6) is 0 Å². The fourth-order valence-corrected chi connectivity index (χ4v) is 3.76. The maximum atomic E-state index is 12.0. The zero-order valence-electron chi connectivity index (χ0n) is 11.7. The number of hydrogen-bond acceptors (Lipinski definition) is 4. The molecule has 0 aromatic carbocycles. The lowest BCUT2D eigenvalue weighted by atomic mass is 9.86. The highest BCUT2D eigenvalue weighted by atomic mass is 32.2. The van der Waals surface area contributed by atoms with Gasteiger partial charge >= 0.3 is 5.97 Å². The van der Waals surface area contributed by atoms with Gasteiger partial charge in [0.2, 0.25) is 0 Å². The molecule has 106 valence electrons. The molecule has 18 heavy (non-hydrogen) atoms. The van der Waals surface area contributed by atoms with E-state index in [9.17, 15) is 4.79 Å². The zero-order valence-corrected chi connectivity index (χ0v) is 12.6. The Morgan fingerprint density at radius 1 is 1.44 bits per heavy atom. The van der Waals surface area contributed by atoms with Gasteiger partial charge in [-0.15, -0.1) is 0 Å². The molecule has 0 aromatic heterocycles. The minimum absolute atomic E-state index is 0.189. The summed E-state index contributed by atoms with van der Waals surface area (Å²) in [6.07, 6.45) is 6.49. The van der Waals surface area contributed by atoms with Gasteiger partial charge in [0, 0.05) is 0 Å². The highest BCUT2D eigenvalue weighted by Gasteiger charge is 2.46. The minimum atomic E-state index is -0.707. The van der Waals surface area contributed by atoms with Crippen LogP contribution in [-0.4, -0.2) is 29.6 Å². The summed E-state index contributed by atoms with van der Waals surface area (Å²) in [5, 5.41) is 0. The smallest absolute Gasteiger partial charge is 0.326 e. The highest BCUT2D eigenvalue weighted by Crippen LogP contribution is 2.37. The van der Waals surface area contributed by atoms with E-state index in [1.54, 1.807) is 0 Å². The van der Waals surface area contributed by atoms with Gasteiger partial charge in [-0.1, -0.05) is 19.8 Å². The molecule has 0 aromatic rings. The van der Waals surface area contributed by atoms with Crippen LogP contribution in [0.1, 0.15) is 52.4 Å². The molecule has 1 aliphatic rings. The summed E-state index contributed by atoms with van der Waals surface area (Å²) in [7, 11) is 0. The first-order valence-corrected chi connectivity index (χ1v) is 8.34. The summed E-state index contributed by atoms with van der Waals surface area (Å²) in [4.78, 5) is 12.0. The molecule has 0 saturated heterocycles. The zero-order chi connectivity index (χ0) is 13.4. The predicted molar refractivity (Wildman–Crippen MR) is 77.7 cm³/mol. The molecule has 0 radical (unpaired) electrons. The van der Waals surface area contributed by atoms with Crippen LogP contribution in [0.3, 0.4) is 0 Å². The van der Waals surface area contributed by atoms with E-state index in [0.29, 0.717) is 12.5 Å². The van der Waals surface area contributed by atoms with E-state index in [-0.39, 0.29) is 5.97 Å². The molecule has 1 rings (SSSR count). The third kappa shape index (κ3) is 4.16. The lowest BCUT2D eigenvalue weighted by Crippen LogP contribution is -2.52. The maximum Gasteiger partial charge on any atom is 0.326 e. The number of carbonyl (C=O) groups excluding carboxylic acids is 1. The Morgan fingerprint density at radius 2 is 2.22 bits per heavy atom. The second kappa shape index (κ2) is 8.05. The van der Waals surface area contributed by atoms with Crippen LogP contribution in [-0.2, 0) is 9.53 Å². The largest absolute Gasteiger partial charge is 0.465 e. The van der Waals surface area contributed by atoms with Gasteiger partial charge in [0.15, 0.2) is 0 Å². The summed E-state index contributed by atoms with van der Waals surface area (Å²) < 4.78 is 5.13. The summed E-state index contributed by atoms with van der Waals surface area (Å²) in [6, 6.07) is 0. The Kier molecular flexibility index (Phi) is 7.08. The van der Waals surface area contributed by atoms with E-state index < -0.39 is 5.54 Å². The maximum absolute atomic E-state index is 12.0. The molecule has 0 heterocycles. The molecule has 1 saturated carbocycles. The number of nitrogens with two attached hydrogens (primary N) is 1. The summed E-state index contributed by atoms with van der Waals surface area (Å²) >= 11 is 1.98. The van der Waals surface area contributed by atoms with E-state index in [1.807, 2.05) is 18.7 Å². The molecular weight excluding hydrogens is 246 g/mol. The Bertz CT molecular complexity index is 260. The molecular formula is C14H27NO2S. The first kappa shape index (κ1) is 15.8. The van der Waals surface area contributed by atoms with Crippen molar-refractivity contribution in [1.82, 2.24) is 0 Å². The quantitative estimate of drug-likeness (QED) is 0.545. The Balaban J connectivity index is 2.36. The Labute approximate surface area is 115 Å². The van der Waals surface area contributed by atoms with Gasteiger partial charge in [0.1, 0.15) is 5.54 Å². The van der Waals surface area contributed by atoms with Crippen LogP contribution < -0.4 is 5.73 Å². The SMILES string of the molecule is CCCCSCCC1CCCC1(N)C(=O)OCC. The number of unbranched alkanes of at least 4 members (excludes halogenated alkanes) is 1. The van der Waals surface area contributed by atoms with Crippen molar-refractivity contribution in [2.45, 2.75) is 57.9 Å². The molecule has 4 heteroatoms. The van der Waals surface area contributed by atoms with E-state index >= 15 is 0 Å². The molecule has 0 aliphatic heterocycles. The van der Waals surface area contributed by atoms with Gasteiger partial charge in [-0.2, -0.15) is 11.8 Å². The first-order valence-electron chi connectivity index (χ1n) is 7.19. The molecule has 1 aliphatic carbocycles. The van der Waals surface area contributed by atoms with E-state index in [1.165, 1.54) is 18.6 Å². The summed E-state index contributed by atoms with van der Waals surface area (Å²) in [5.74, 6) is 2.46. The van der Waals surface area contributed by atoms with E-state index in [0.717, 1.165) is 31.4 Å². The molecule has 2 atom stereocenters.